The summed E-state index contributed by atoms with van der Waals surface area (Å²) in [5, 5.41) is 36.1. The molecule has 8 nitrogen and oxygen atoms in total. The SMILES string of the molecule is O=C(OCCO)c1ccc(C(=O)OCCO)c(C(O)CO)c1. The molecule has 1 rings (SSSR count). The minimum atomic E-state index is -1.39. The molecule has 0 aromatic heterocycles. The van der Waals surface area contributed by atoms with E-state index in [0.29, 0.717) is 0 Å². The number of carbonyl (C=O) groups is 2. The van der Waals surface area contributed by atoms with Crippen LogP contribution in [0.4, 0.5) is 0 Å². The van der Waals surface area contributed by atoms with Crippen LogP contribution in [0.2, 0.25) is 0 Å². The van der Waals surface area contributed by atoms with Crippen molar-refractivity contribution < 1.29 is 39.5 Å². The van der Waals surface area contributed by atoms with Crippen molar-refractivity contribution in [3.63, 3.8) is 0 Å². The third kappa shape index (κ3) is 4.78. The lowest BCUT2D eigenvalue weighted by molar-refractivity contribution is 0.0410. The summed E-state index contributed by atoms with van der Waals surface area (Å²) in [5.41, 5.74) is 0.0206. The van der Waals surface area contributed by atoms with Crippen LogP contribution in [0.25, 0.3) is 0 Å². The van der Waals surface area contributed by atoms with E-state index < -0.39 is 24.6 Å². The molecule has 0 aliphatic rings. The van der Waals surface area contributed by atoms with Crippen LogP contribution in [-0.2, 0) is 9.47 Å². The Balaban J connectivity index is 3.08. The van der Waals surface area contributed by atoms with Gasteiger partial charge in [-0.1, -0.05) is 0 Å². The van der Waals surface area contributed by atoms with Crippen LogP contribution in [0.15, 0.2) is 18.2 Å². The van der Waals surface area contributed by atoms with Crippen molar-refractivity contribution in [2.24, 2.45) is 0 Å². The van der Waals surface area contributed by atoms with Crippen LogP contribution in [-0.4, -0.2) is 65.4 Å². The normalized spacial score (nSPS) is 11.8. The lowest BCUT2D eigenvalue weighted by atomic mass is 9.99. The maximum Gasteiger partial charge on any atom is 0.338 e. The topological polar surface area (TPSA) is 134 Å². The number of benzene rings is 1. The third-order valence-electron chi connectivity index (χ3n) is 2.69. The summed E-state index contributed by atoms with van der Waals surface area (Å²) < 4.78 is 9.48. The van der Waals surface area contributed by atoms with Gasteiger partial charge < -0.3 is 29.9 Å². The number of hydrogen-bond donors (Lipinski definition) is 4. The summed E-state index contributed by atoms with van der Waals surface area (Å²) in [6.07, 6.45) is -1.39. The highest BCUT2D eigenvalue weighted by molar-refractivity contribution is 5.95. The first-order valence-corrected chi connectivity index (χ1v) is 6.54. The molecule has 0 radical (unpaired) electrons. The number of rotatable bonds is 8. The molecule has 1 atom stereocenters. The van der Waals surface area contributed by atoms with Gasteiger partial charge in [0.15, 0.2) is 0 Å². The molecule has 0 amide bonds. The van der Waals surface area contributed by atoms with Crippen LogP contribution in [0.1, 0.15) is 32.4 Å². The number of carbonyl (C=O) groups excluding carboxylic acids is 2. The maximum absolute atomic E-state index is 11.8. The largest absolute Gasteiger partial charge is 0.460 e. The highest BCUT2D eigenvalue weighted by Crippen LogP contribution is 2.21. The molecule has 0 saturated heterocycles. The second kappa shape index (κ2) is 9.11. The van der Waals surface area contributed by atoms with E-state index in [4.69, 9.17) is 24.8 Å². The first kappa shape index (κ1) is 18.1. The molecule has 0 aliphatic carbocycles. The van der Waals surface area contributed by atoms with Crippen LogP contribution < -0.4 is 0 Å². The van der Waals surface area contributed by atoms with Gasteiger partial charge in [0.25, 0.3) is 0 Å². The van der Waals surface area contributed by atoms with E-state index in [9.17, 15) is 14.7 Å². The van der Waals surface area contributed by atoms with Crippen LogP contribution in [0.5, 0.6) is 0 Å². The third-order valence-corrected chi connectivity index (χ3v) is 2.69. The number of ether oxygens (including phenoxy) is 2. The van der Waals surface area contributed by atoms with Gasteiger partial charge in [0.1, 0.15) is 19.3 Å². The zero-order valence-electron chi connectivity index (χ0n) is 11.8. The second-order valence-corrected chi connectivity index (χ2v) is 4.22. The lowest BCUT2D eigenvalue weighted by Crippen LogP contribution is -2.16. The summed E-state index contributed by atoms with van der Waals surface area (Å²) in [7, 11) is 0. The van der Waals surface area contributed by atoms with Crippen molar-refractivity contribution in [1.29, 1.82) is 0 Å². The van der Waals surface area contributed by atoms with E-state index in [1.54, 1.807) is 0 Å². The summed E-state index contributed by atoms with van der Waals surface area (Å²) in [5.74, 6) is -1.54. The minimum absolute atomic E-state index is 0.00360. The quantitative estimate of drug-likeness (QED) is 0.449. The summed E-state index contributed by atoms with van der Waals surface area (Å²) >= 11 is 0. The minimum Gasteiger partial charge on any atom is -0.460 e. The Morgan fingerprint density at radius 2 is 1.59 bits per heavy atom. The predicted molar refractivity (Wildman–Crippen MR) is 73.2 cm³/mol. The monoisotopic (exact) mass is 314 g/mol. The fourth-order valence-corrected chi connectivity index (χ4v) is 1.69. The average molecular weight is 314 g/mol. The van der Waals surface area contributed by atoms with E-state index >= 15 is 0 Å². The van der Waals surface area contributed by atoms with Gasteiger partial charge in [0, 0.05) is 0 Å². The van der Waals surface area contributed by atoms with Crippen molar-refractivity contribution in [2.75, 3.05) is 33.0 Å². The fourth-order valence-electron chi connectivity index (χ4n) is 1.69. The van der Waals surface area contributed by atoms with Crippen LogP contribution in [0, 0.1) is 0 Å². The van der Waals surface area contributed by atoms with Gasteiger partial charge in [0.2, 0.25) is 0 Å². The first-order chi connectivity index (χ1) is 10.5. The Morgan fingerprint density at radius 1 is 1.00 bits per heavy atom. The van der Waals surface area contributed by atoms with Gasteiger partial charge >= 0.3 is 11.9 Å². The average Bonchev–Trinajstić information content (AvgIpc) is 2.56. The summed E-state index contributed by atoms with van der Waals surface area (Å²) in [6, 6.07) is 3.75. The highest BCUT2D eigenvalue weighted by atomic mass is 16.5. The Kier molecular flexibility index (Phi) is 7.47. The molecule has 0 saturated carbocycles. The van der Waals surface area contributed by atoms with Crippen molar-refractivity contribution in [3.05, 3.63) is 34.9 Å². The number of aliphatic hydroxyl groups excluding tert-OH is 4. The van der Waals surface area contributed by atoms with Gasteiger partial charge in [-0.2, -0.15) is 0 Å². The van der Waals surface area contributed by atoms with Crippen molar-refractivity contribution in [1.82, 2.24) is 0 Å². The predicted octanol–water partition coefficient (Wildman–Crippen LogP) is -0.990. The van der Waals surface area contributed by atoms with Gasteiger partial charge in [-0.15, -0.1) is 0 Å². The molecule has 0 bridgehead atoms. The zero-order valence-corrected chi connectivity index (χ0v) is 11.8. The fraction of sp³-hybridized carbons (Fsp3) is 0.429. The molecule has 122 valence electrons. The second-order valence-electron chi connectivity index (χ2n) is 4.22. The Morgan fingerprint density at radius 3 is 2.14 bits per heavy atom. The lowest BCUT2D eigenvalue weighted by Gasteiger charge is -2.14. The van der Waals surface area contributed by atoms with Gasteiger partial charge in [-0.3, -0.25) is 0 Å². The Labute approximate surface area is 126 Å². The maximum atomic E-state index is 11.8. The summed E-state index contributed by atoms with van der Waals surface area (Å²) in [4.78, 5) is 23.5. The van der Waals surface area contributed by atoms with Gasteiger partial charge in [-0.25, -0.2) is 9.59 Å². The molecular weight excluding hydrogens is 296 g/mol. The van der Waals surface area contributed by atoms with Crippen molar-refractivity contribution in [2.45, 2.75) is 6.10 Å². The standard InChI is InChI=1S/C14H18O8/c15-3-5-21-13(19)9-1-2-10(14(20)22-6-4-16)11(7-9)12(18)8-17/h1-2,7,12,15-18H,3-6,8H2. The van der Waals surface area contributed by atoms with E-state index in [-0.39, 0.29) is 43.1 Å². The van der Waals surface area contributed by atoms with Crippen molar-refractivity contribution in [3.8, 4) is 0 Å². The molecule has 4 N–H and O–H groups in total. The van der Waals surface area contributed by atoms with Gasteiger partial charge in [0.05, 0.1) is 30.9 Å². The van der Waals surface area contributed by atoms with E-state index in [2.05, 4.69) is 0 Å². The Bertz CT molecular complexity index is 514. The van der Waals surface area contributed by atoms with E-state index in [0.717, 1.165) is 0 Å². The molecule has 22 heavy (non-hydrogen) atoms. The molecule has 0 aliphatic heterocycles. The molecule has 8 heteroatoms. The zero-order chi connectivity index (χ0) is 16.5. The molecule has 1 unspecified atom stereocenters. The number of hydrogen-bond acceptors (Lipinski definition) is 8. The first-order valence-electron chi connectivity index (χ1n) is 6.54. The van der Waals surface area contributed by atoms with E-state index in [1.807, 2.05) is 0 Å². The smallest absolute Gasteiger partial charge is 0.338 e. The molecular formula is C14H18O8. The van der Waals surface area contributed by atoms with Crippen molar-refractivity contribution >= 4 is 11.9 Å². The molecule has 0 heterocycles. The summed E-state index contributed by atoms with van der Waals surface area (Å²) in [6.45, 7) is -1.74. The molecule has 0 spiro atoms. The van der Waals surface area contributed by atoms with Gasteiger partial charge in [-0.05, 0) is 23.8 Å². The molecule has 1 aromatic carbocycles. The Hall–Kier alpha value is -2.00. The molecule has 0 fully saturated rings. The highest BCUT2D eigenvalue weighted by Gasteiger charge is 2.21. The number of aliphatic hydroxyl groups is 4. The number of esters is 2. The van der Waals surface area contributed by atoms with E-state index in [1.165, 1.54) is 18.2 Å². The molecule has 1 aromatic rings. The van der Waals surface area contributed by atoms with Crippen LogP contribution in [0.3, 0.4) is 0 Å². The van der Waals surface area contributed by atoms with Crippen LogP contribution >= 0.6 is 0 Å².